The van der Waals surface area contributed by atoms with E-state index in [1.165, 1.54) is 0 Å². The van der Waals surface area contributed by atoms with Crippen molar-refractivity contribution in [3.8, 4) is 0 Å². The van der Waals surface area contributed by atoms with Crippen molar-refractivity contribution in [3.05, 3.63) is 57.2 Å². The third-order valence-corrected chi connectivity index (χ3v) is 4.47. The van der Waals surface area contributed by atoms with Crippen LogP contribution in [0.15, 0.2) is 42.5 Å². The molecule has 0 fully saturated rings. The number of carbonyl (C=O) groups excluding carboxylic acids is 2. The molecular weight excluding hydrogens is 379 g/mol. The number of anilines is 2. The topological polar surface area (TPSA) is 49.4 Å². The molecule has 2 aromatic carbocycles. The van der Waals surface area contributed by atoms with Gasteiger partial charge in [-0.05, 0) is 58.5 Å². The number of fused-ring (bicyclic) bond motifs is 1. The lowest BCUT2D eigenvalue weighted by Crippen LogP contribution is -2.20. The number of hydrogen-bond acceptors (Lipinski definition) is 2. The molecular formula is C16H13IN2O2. The average molecular weight is 392 g/mol. The molecule has 0 spiro atoms. The van der Waals surface area contributed by atoms with Crippen molar-refractivity contribution in [3.63, 3.8) is 0 Å². The molecule has 1 N–H and O–H groups in total. The van der Waals surface area contributed by atoms with Crippen molar-refractivity contribution in [1.29, 1.82) is 0 Å². The molecule has 0 radical (unpaired) electrons. The summed E-state index contributed by atoms with van der Waals surface area (Å²) < 4.78 is 0.906. The Kier molecular flexibility index (Phi) is 3.67. The van der Waals surface area contributed by atoms with E-state index < -0.39 is 0 Å². The molecule has 0 aliphatic carbocycles. The van der Waals surface area contributed by atoms with Crippen LogP contribution >= 0.6 is 22.6 Å². The van der Waals surface area contributed by atoms with Crippen LogP contribution in [0.25, 0.3) is 0 Å². The molecule has 2 aromatic rings. The zero-order valence-corrected chi connectivity index (χ0v) is 13.5. The molecule has 21 heavy (non-hydrogen) atoms. The number of nitrogens with zero attached hydrogens (tertiary/aromatic N) is 1. The Balaban J connectivity index is 1.84. The quantitative estimate of drug-likeness (QED) is 0.799. The molecule has 1 heterocycles. The molecule has 1 aliphatic rings. The third kappa shape index (κ3) is 2.65. The average Bonchev–Trinajstić information content (AvgIpc) is 2.74. The summed E-state index contributed by atoms with van der Waals surface area (Å²) in [6.45, 7) is 0. The highest BCUT2D eigenvalue weighted by atomic mass is 127. The van der Waals surface area contributed by atoms with E-state index in [1.54, 1.807) is 18.0 Å². The van der Waals surface area contributed by atoms with E-state index in [9.17, 15) is 9.59 Å². The maximum Gasteiger partial charge on any atom is 0.256 e. The van der Waals surface area contributed by atoms with Crippen molar-refractivity contribution in [2.24, 2.45) is 0 Å². The smallest absolute Gasteiger partial charge is 0.256 e. The number of benzene rings is 2. The van der Waals surface area contributed by atoms with E-state index in [0.717, 1.165) is 14.8 Å². The molecule has 0 bridgehead atoms. The largest absolute Gasteiger partial charge is 0.322 e. The summed E-state index contributed by atoms with van der Waals surface area (Å²) in [5.74, 6) is -0.0660. The molecule has 0 aromatic heterocycles. The molecule has 1 aliphatic heterocycles. The third-order valence-electron chi connectivity index (χ3n) is 3.53. The highest BCUT2D eigenvalue weighted by molar-refractivity contribution is 14.1. The first-order valence-electron chi connectivity index (χ1n) is 6.51. The number of halogens is 1. The first-order valence-corrected chi connectivity index (χ1v) is 7.59. The first-order chi connectivity index (χ1) is 10.1. The standard InChI is InChI=1S/C16H13IN2O2/c1-19-14-7-6-11(8-10(14)9-15(19)20)18-16(21)12-4-2-3-5-13(12)17/h2-8H,9H2,1H3,(H,18,21). The van der Waals surface area contributed by atoms with Gasteiger partial charge in [-0.2, -0.15) is 0 Å². The van der Waals surface area contributed by atoms with E-state index in [0.29, 0.717) is 17.7 Å². The summed E-state index contributed by atoms with van der Waals surface area (Å²) in [5.41, 5.74) is 3.21. The summed E-state index contributed by atoms with van der Waals surface area (Å²) in [6.07, 6.45) is 0.387. The summed E-state index contributed by atoms with van der Waals surface area (Å²) in [6, 6.07) is 13.0. The van der Waals surface area contributed by atoms with Gasteiger partial charge in [-0.3, -0.25) is 9.59 Å². The van der Waals surface area contributed by atoms with Crippen LogP contribution in [0, 0.1) is 3.57 Å². The Labute approximate surface area is 136 Å². The minimum absolute atomic E-state index is 0.0751. The Bertz CT molecular complexity index is 743. The lowest BCUT2D eigenvalue weighted by molar-refractivity contribution is -0.117. The molecule has 5 heteroatoms. The van der Waals surface area contributed by atoms with Crippen LogP contribution in [0.3, 0.4) is 0 Å². The molecule has 106 valence electrons. The van der Waals surface area contributed by atoms with Gasteiger partial charge < -0.3 is 10.2 Å². The van der Waals surface area contributed by atoms with E-state index in [-0.39, 0.29) is 11.8 Å². The van der Waals surface area contributed by atoms with Gasteiger partial charge in [0.2, 0.25) is 5.91 Å². The van der Waals surface area contributed by atoms with Crippen LogP contribution in [-0.4, -0.2) is 18.9 Å². The highest BCUT2D eigenvalue weighted by Gasteiger charge is 2.24. The molecule has 0 atom stereocenters. The molecule has 0 saturated carbocycles. The summed E-state index contributed by atoms with van der Waals surface area (Å²) in [5, 5.41) is 2.88. The monoisotopic (exact) mass is 392 g/mol. The zero-order chi connectivity index (χ0) is 15.0. The zero-order valence-electron chi connectivity index (χ0n) is 11.4. The lowest BCUT2D eigenvalue weighted by Gasteiger charge is -2.11. The van der Waals surface area contributed by atoms with Crippen molar-refractivity contribution >= 4 is 45.8 Å². The minimum atomic E-state index is -0.141. The fourth-order valence-corrected chi connectivity index (χ4v) is 3.02. The fourth-order valence-electron chi connectivity index (χ4n) is 2.39. The molecule has 0 unspecified atom stereocenters. The van der Waals surface area contributed by atoms with Crippen LogP contribution in [0.1, 0.15) is 15.9 Å². The Hall–Kier alpha value is -1.89. The van der Waals surface area contributed by atoms with Gasteiger partial charge in [-0.25, -0.2) is 0 Å². The van der Waals surface area contributed by atoms with Crippen LogP contribution in [0.2, 0.25) is 0 Å². The van der Waals surface area contributed by atoms with Gasteiger partial charge in [-0.15, -0.1) is 0 Å². The lowest BCUT2D eigenvalue weighted by atomic mass is 10.1. The summed E-state index contributed by atoms with van der Waals surface area (Å²) >= 11 is 2.14. The number of rotatable bonds is 2. The predicted molar refractivity (Wildman–Crippen MR) is 90.7 cm³/mol. The second kappa shape index (κ2) is 5.48. The first kappa shape index (κ1) is 14.1. The van der Waals surface area contributed by atoms with Gasteiger partial charge in [0, 0.05) is 22.0 Å². The van der Waals surface area contributed by atoms with Crippen molar-refractivity contribution in [2.75, 3.05) is 17.3 Å². The number of amides is 2. The number of nitrogens with one attached hydrogen (secondary N) is 1. The molecule has 4 nitrogen and oxygen atoms in total. The van der Waals surface area contributed by atoms with Gasteiger partial charge in [0.05, 0.1) is 12.0 Å². The Morgan fingerprint density at radius 2 is 2.00 bits per heavy atom. The second-order valence-electron chi connectivity index (χ2n) is 4.91. The van der Waals surface area contributed by atoms with Crippen LogP contribution in [-0.2, 0) is 11.2 Å². The highest BCUT2D eigenvalue weighted by Crippen LogP contribution is 2.30. The Morgan fingerprint density at radius 1 is 1.24 bits per heavy atom. The number of likely N-dealkylation sites (N-methyl/N-ethyl adjacent to an activating group) is 1. The predicted octanol–water partition coefficient (Wildman–Crippen LogP) is 3.06. The fraction of sp³-hybridized carbons (Fsp3) is 0.125. The minimum Gasteiger partial charge on any atom is -0.322 e. The van der Waals surface area contributed by atoms with Crippen LogP contribution < -0.4 is 10.2 Å². The second-order valence-corrected chi connectivity index (χ2v) is 6.07. The molecule has 2 amide bonds. The number of hydrogen-bond donors (Lipinski definition) is 1. The van der Waals surface area contributed by atoms with E-state index in [1.807, 2.05) is 36.4 Å². The number of carbonyl (C=O) groups is 2. The van der Waals surface area contributed by atoms with Gasteiger partial charge in [0.15, 0.2) is 0 Å². The SMILES string of the molecule is CN1C(=O)Cc2cc(NC(=O)c3ccccc3I)ccc21. The Morgan fingerprint density at radius 3 is 2.76 bits per heavy atom. The van der Waals surface area contributed by atoms with Gasteiger partial charge in [-0.1, -0.05) is 12.1 Å². The normalized spacial score (nSPS) is 13.2. The van der Waals surface area contributed by atoms with Crippen LogP contribution in [0.4, 0.5) is 11.4 Å². The van der Waals surface area contributed by atoms with Crippen LogP contribution in [0.5, 0.6) is 0 Å². The van der Waals surface area contributed by atoms with Crippen molar-refractivity contribution < 1.29 is 9.59 Å². The molecule has 3 rings (SSSR count). The maximum atomic E-state index is 12.3. The van der Waals surface area contributed by atoms with E-state index >= 15 is 0 Å². The van der Waals surface area contributed by atoms with E-state index in [2.05, 4.69) is 27.9 Å². The van der Waals surface area contributed by atoms with Gasteiger partial charge in [0.25, 0.3) is 5.91 Å². The van der Waals surface area contributed by atoms with E-state index in [4.69, 9.17) is 0 Å². The van der Waals surface area contributed by atoms with Crippen molar-refractivity contribution in [2.45, 2.75) is 6.42 Å². The van der Waals surface area contributed by atoms with Gasteiger partial charge in [0.1, 0.15) is 0 Å². The van der Waals surface area contributed by atoms with Gasteiger partial charge >= 0.3 is 0 Å². The maximum absolute atomic E-state index is 12.3. The summed E-state index contributed by atoms with van der Waals surface area (Å²) in [7, 11) is 1.76. The molecule has 0 saturated heterocycles. The van der Waals surface area contributed by atoms with Crippen molar-refractivity contribution in [1.82, 2.24) is 0 Å². The summed E-state index contributed by atoms with van der Waals surface area (Å²) in [4.78, 5) is 25.6.